The molecule has 1 unspecified atom stereocenters. The summed E-state index contributed by atoms with van der Waals surface area (Å²) in [4.78, 5) is 15.2. The quantitative estimate of drug-likeness (QED) is 0.109. The molecule has 6 nitrogen and oxygen atoms in total. The van der Waals surface area contributed by atoms with Gasteiger partial charge < -0.3 is 9.47 Å². The van der Waals surface area contributed by atoms with Gasteiger partial charge in [0.2, 0.25) is 6.10 Å². The fraction of sp³-hybridized carbons (Fsp3) is 0.174. The van der Waals surface area contributed by atoms with Crippen molar-refractivity contribution in [3.05, 3.63) is 75.2 Å². The number of fused-ring (bicyclic) bond motifs is 2. The molecule has 0 N–H and O–H groups in total. The largest absolute Gasteiger partial charge is 0.438 e. The van der Waals surface area contributed by atoms with E-state index < -0.39 is 30.1 Å². The number of para-hydroxylation sites is 1. The third-order valence-electron chi connectivity index (χ3n) is 4.69. The van der Waals surface area contributed by atoms with Gasteiger partial charge in [0.05, 0.1) is 31.7 Å². The molecular formula is C23H12Cl2F6N4O2S3. The maximum absolute atomic E-state index is 13.4. The molecule has 1 aromatic carbocycles. The van der Waals surface area contributed by atoms with Gasteiger partial charge in [0.15, 0.2) is 0 Å². The fourth-order valence-corrected chi connectivity index (χ4v) is 5.90. The van der Waals surface area contributed by atoms with E-state index in [1.54, 1.807) is 30.3 Å². The van der Waals surface area contributed by atoms with Gasteiger partial charge in [-0.1, -0.05) is 41.4 Å². The van der Waals surface area contributed by atoms with Crippen LogP contribution >= 0.6 is 58.1 Å². The lowest BCUT2D eigenvalue weighted by molar-refractivity contribution is -0.202. The second-order valence-corrected chi connectivity index (χ2v) is 10.9. The van der Waals surface area contributed by atoms with Crippen molar-refractivity contribution >= 4 is 83.8 Å². The highest BCUT2D eigenvalue weighted by atomic mass is 35.5. The second kappa shape index (κ2) is 12.3. The maximum Gasteiger partial charge on any atom is 0.430 e. The first kappa shape index (κ1) is 30.1. The summed E-state index contributed by atoms with van der Waals surface area (Å²) >= 11 is 18.2. The monoisotopic (exact) mass is 656 g/mol. The summed E-state index contributed by atoms with van der Waals surface area (Å²) in [6.45, 7) is 0. The van der Waals surface area contributed by atoms with E-state index in [9.17, 15) is 26.3 Å². The molecule has 0 saturated heterocycles. The van der Waals surface area contributed by atoms with Crippen LogP contribution in [-0.4, -0.2) is 37.5 Å². The number of halogens is 8. The Morgan fingerprint density at radius 2 is 1.43 bits per heavy atom. The van der Waals surface area contributed by atoms with E-state index in [1.165, 1.54) is 24.8 Å². The molecule has 0 aliphatic heterocycles. The number of nitrogens with zero attached hydrogens (tertiary/aromatic N) is 4. The lowest BCUT2D eigenvalue weighted by Crippen LogP contribution is -2.26. The molecule has 0 bridgehead atoms. The van der Waals surface area contributed by atoms with Crippen LogP contribution < -0.4 is 4.74 Å². The molecule has 210 valence electrons. The number of thiocarbonyl (C=S) groups is 1. The molecule has 5 rings (SSSR count). The summed E-state index contributed by atoms with van der Waals surface area (Å²) in [5.74, 6) is 0.277. The Kier molecular flexibility index (Phi) is 9.29. The zero-order chi connectivity index (χ0) is 29.1. The van der Waals surface area contributed by atoms with Gasteiger partial charge in [-0.3, -0.25) is 0 Å². The van der Waals surface area contributed by atoms with Gasteiger partial charge in [-0.05, 0) is 24.3 Å². The number of hydrogen-bond donors (Lipinski definition) is 0. The zero-order valence-electron chi connectivity index (χ0n) is 19.3. The van der Waals surface area contributed by atoms with Crippen LogP contribution in [0.1, 0.15) is 15.9 Å². The van der Waals surface area contributed by atoms with Crippen LogP contribution in [0.15, 0.2) is 55.1 Å². The van der Waals surface area contributed by atoms with E-state index >= 15 is 0 Å². The van der Waals surface area contributed by atoms with Gasteiger partial charge in [0, 0.05) is 17.1 Å². The van der Waals surface area contributed by atoms with Gasteiger partial charge in [0.1, 0.15) is 28.7 Å². The first-order chi connectivity index (χ1) is 18.8. The van der Waals surface area contributed by atoms with E-state index in [0.29, 0.717) is 20.4 Å². The first-order valence-electron chi connectivity index (χ1n) is 10.7. The van der Waals surface area contributed by atoms with E-state index in [2.05, 4.69) is 19.9 Å². The molecule has 0 aliphatic carbocycles. The second-order valence-electron chi connectivity index (χ2n) is 7.62. The van der Waals surface area contributed by atoms with Gasteiger partial charge >= 0.3 is 17.6 Å². The lowest BCUT2D eigenvalue weighted by Gasteiger charge is -2.20. The molecule has 40 heavy (non-hydrogen) atoms. The first-order valence-corrected chi connectivity index (χ1v) is 13.5. The number of rotatable bonds is 4. The number of thiophene rings is 2. The van der Waals surface area contributed by atoms with Crippen molar-refractivity contribution in [1.82, 2.24) is 19.9 Å². The topological polar surface area (TPSA) is 70.0 Å². The number of ether oxygens (including phenoxy) is 2. The van der Waals surface area contributed by atoms with Gasteiger partial charge in [-0.25, -0.2) is 19.9 Å². The van der Waals surface area contributed by atoms with Crippen LogP contribution in [-0.2, 0) is 11.2 Å². The van der Waals surface area contributed by atoms with Crippen LogP contribution in [0.3, 0.4) is 0 Å². The molecule has 1 atom stereocenters. The van der Waals surface area contributed by atoms with Crippen LogP contribution in [0.4, 0.5) is 26.3 Å². The average molecular weight is 657 g/mol. The van der Waals surface area contributed by atoms with Crippen molar-refractivity contribution < 1.29 is 35.8 Å². The van der Waals surface area contributed by atoms with Crippen molar-refractivity contribution in [3.63, 3.8) is 0 Å². The molecule has 17 heteroatoms. The van der Waals surface area contributed by atoms with Crippen molar-refractivity contribution in [2.45, 2.75) is 24.9 Å². The Balaban J connectivity index is 0.000000210. The average Bonchev–Trinajstić information content (AvgIpc) is 3.47. The minimum Gasteiger partial charge on any atom is -0.438 e. The number of hydrogen-bond acceptors (Lipinski definition) is 9. The smallest absolute Gasteiger partial charge is 0.430 e. The van der Waals surface area contributed by atoms with Crippen LogP contribution in [0.5, 0.6) is 5.75 Å². The van der Waals surface area contributed by atoms with Crippen LogP contribution in [0.25, 0.3) is 20.4 Å². The SMILES string of the molecule is FC(F)(F)C(OC(=S)Oc1ccccc1)c1cc2ncnc(Cl)c2s1.FC(F)(F)Cc1cc2ncnc(Cl)c2s1. The fourth-order valence-electron chi connectivity index (χ4n) is 3.12. The Morgan fingerprint density at radius 3 is 1.95 bits per heavy atom. The van der Waals surface area contributed by atoms with Crippen molar-refractivity contribution in [1.29, 1.82) is 0 Å². The van der Waals surface area contributed by atoms with Gasteiger partial charge in [-0.15, -0.1) is 22.7 Å². The highest BCUT2D eigenvalue weighted by Gasteiger charge is 2.45. The van der Waals surface area contributed by atoms with Gasteiger partial charge in [-0.2, -0.15) is 26.3 Å². The van der Waals surface area contributed by atoms with E-state index in [-0.39, 0.29) is 25.8 Å². The third kappa shape index (κ3) is 7.87. The normalized spacial score (nSPS) is 12.6. The number of benzene rings is 1. The summed E-state index contributed by atoms with van der Waals surface area (Å²) in [5.41, 5.74) is 0.756. The summed E-state index contributed by atoms with van der Waals surface area (Å²) in [6.07, 6.45) is -9.75. The molecule has 0 fully saturated rings. The molecule has 0 amide bonds. The van der Waals surface area contributed by atoms with Crippen LogP contribution in [0.2, 0.25) is 10.3 Å². The highest BCUT2D eigenvalue weighted by Crippen LogP contribution is 2.42. The van der Waals surface area contributed by atoms with Crippen LogP contribution in [0, 0.1) is 0 Å². The van der Waals surface area contributed by atoms with Crippen molar-refractivity contribution in [2.75, 3.05) is 0 Å². The maximum atomic E-state index is 13.4. The summed E-state index contributed by atoms with van der Waals surface area (Å²) in [7, 11) is 0. The minimum atomic E-state index is -4.70. The van der Waals surface area contributed by atoms with Crippen molar-refractivity contribution in [2.24, 2.45) is 0 Å². The highest BCUT2D eigenvalue weighted by molar-refractivity contribution is 7.79. The summed E-state index contributed by atoms with van der Waals surface area (Å²) in [5, 5.41) is -0.369. The Labute approximate surface area is 244 Å². The summed E-state index contributed by atoms with van der Waals surface area (Å²) in [6, 6.07) is 10.8. The molecule has 0 saturated carbocycles. The predicted octanol–water partition coefficient (Wildman–Crippen LogP) is 8.78. The van der Waals surface area contributed by atoms with E-state index in [4.69, 9.17) is 44.9 Å². The molecule has 0 radical (unpaired) electrons. The third-order valence-corrected chi connectivity index (χ3v) is 7.98. The minimum absolute atomic E-state index is 0.0743. The van der Waals surface area contributed by atoms with E-state index in [0.717, 1.165) is 22.7 Å². The standard InChI is InChI=1S/C15H8ClF3N2O2S2.C8H4ClF3N2S/c16-13-11-9(20-7-21-13)6-10(25-11)12(15(17,18)19)23-14(24)22-8-4-2-1-3-5-8;9-7-6-5(13-3-14-7)1-4(15-6)2-8(10,11)12/h1-7,12H;1,3H,2H2. The molecule has 4 heterocycles. The predicted molar refractivity (Wildman–Crippen MR) is 144 cm³/mol. The number of alkyl halides is 6. The molecule has 0 spiro atoms. The van der Waals surface area contributed by atoms with Crippen molar-refractivity contribution in [3.8, 4) is 5.75 Å². The van der Waals surface area contributed by atoms with Gasteiger partial charge in [0.25, 0.3) is 0 Å². The molecule has 4 aromatic heterocycles. The zero-order valence-corrected chi connectivity index (χ0v) is 23.3. The Morgan fingerprint density at radius 1 is 0.850 bits per heavy atom. The molecule has 5 aromatic rings. The Bertz CT molecular complexity index is 1630. The molecule has 0 aliphatic rings. The summed E-state index contributed by atoms with van der Waals surface area (Å²) < 4.78 is 87.5. The number of aromatic nitrogens is 4. The van der Waals surface area contributed by atoms with E-state index in [1.807, 2.05) is 0 Å². The Hall–Kier alpha value is -2.85. The lowest BCUT2D eigenvalue weighted by atomic mass is 10.2. The molecular weight excluding hydrogens is 645 g/mol.